The molecule has 0 spiro atoms. The summed E-state index contributed by atoms with van der Waals surface area (Å²) >= 11 is 5.38. The number of ether oxygens (including phenoxy) is 1. The molecule has 2 aromatic rings. The molecular weight excluding hydrogens is 346 g/mol. The van der Waals surface area contributed by atoms with E-state index in [1.54, 1.807) is 18.9 Å². The second-order valence-electron chi connectivity index (χ2n) is 4.92. The molecule has 2 aromatic carbocycles. The molecule has 0 amide bonds. The van der Waals surface area contributed by atoms with Crippen LogP contribution in [0.1, 0.15) is 18.9 Å². The van der Waals surface area contributed by atoms with Crippen molar-refractivity contribution in [3.63, 3.8) is 0 Å². The van der Waals surface area contributed by atoms with Crippen LogP contribution in [0.25, 0.3) is 0 Å². The smallest absolute Gasteiger partial charge is 0.119 e. The molecule has 0 heterocycles. The molecular formula is C17H20BrNOS. The van der Waals surface area contributed by atoms with Crippen molar-refractivity contribution in [3.8, 4) is 5.75 Å². The van der Waals surface area contributed by atoms with Crippen molar-refractivity contribution < 1.29 is 4.74 Å². The third-order valence-electron chi connectivity index (χ3n) is 3.29. The van der Waals surface area contributed by atoms with Crippen molar-refractivity contribution in [1.29, 1.82) is 0 Å². The second-order valence-corrected chi connectivity index (χ2v) is 6.89. The summed E-state index contributed by atoms with van der Waals surface area (Å²) in [6.45, 7) is 2.12. The van der Waals surface area contributed by atoms with Gasteiger partial charge in [-0.25, -0.2) is 0 Å². The van der Waals surface area contributed by atoms with Gasteiger partial charge in [-0.1, -0.05) is 30.8 Å². The van der Waals surface area contributed by atoms with Gasteiger partial charge < -0.3 is 10.5 Å². The first-order chi connectivity index (χ1) is 10.1. The fourth-order valence-electron chi connectivity index (χ4n) is 1.99. The fourth-order valence-corrected chi connectivity index (χ4v) is 3.53. The second kappa shape index (κ2) is 7.87. The average molecular weight is 366 g/mol. The van der Waals surface area contributed by atoms with Crippen LogP contribution >= 0.6 is 27.7 Å². The van der Waals surface area contributed by atoms with E-state index in [0.29, 0.717) is 0 Å². The van der Waals surface area contributed by atoms with E-state index in [2.05, 4.69) is 47.1 Å². The maximum absolute atomic E-state index is 6.01. The molecule has 4 heteroatoms. The third-order valence-corrected chi connectivity index (χ3v) is 5.27. The van der Waals surface area contributed by atoms with E-state index in [-0.39, 0.29) is 6.04 Å². The Morgan fingerprint density at radius 3 is 2.71 bits per heavy atom. The highest BCUT2D eigenvalue weighted by Crippen LogP contribution is 2.35. The quantitative estimate of drug-likeness (QED) is 0.791. The van der Waals surface area contributed by atoms with E-state index in [9.17, 15) is 0 Å². The van der Waals surface area contributed by atoms with Gasteiger partial charge in [0.2, 0.25) is 0 Å². The van der Waals surface area contributed by atoms with Crippen molar-refractivity contribution in [2.75, 3.05) is 7.11 Å². The zero-order valence-corrected chi connectivity index (χ0v) is 14.7. The third kappa shape index (κ3) is 4.77. The average Bonchev–Trinajstić information content (AvgIpc) is 2.50. The Morgan fingerprint density at radius 2 is 2.05 bits per heavy atom. The molecule has 0 aliphatic carbocycles. The molecule has 0 fully saturated rings. The first-order valence-electron chi connectivity index (χ1n) is 6.98. The molecule has 112 valence electrons. The minimum absolute atomic E-state index is 0.230. The summed E-state index contributed by atoms with van der Waals surface area (Å²) in [4.78, 5) is 2.35. The molecule has 0 aliphatic rings. The summed E-state index contributed by atoms with van der Waals surface area (Å²) in [5.41, 5.74) is 7.28. The van der Waals surface area contributed by atoms with Gasteiger partial charge in [-0.05, 0) is 64.7 Å². The van der Waals surface area contributed by atoms with E-state index in [1.165, 1.54) is 10.5 Å². The van der Waals surface area contributed by atoms with Crippen LogP contribution in [0, 0.1) is 0 Å². The number of hydrogen-bond acceptors (Lipinski definition) is 3. The normalized spacial score (nSPS) is 12.2. The number of rotatable bonds is 6. The van der Waals surface area contributed by atoms with Crippen LogP contribution in [0.3, 0.4) is 0 Å². The minimum Gasteiger partial charge on any atom is -0.497 e. The maximum atomic E-state index is 6.01. The van der Waals surface area contributed by atoms with Crippen LogP contribution < -0.4 is 10.5 Å². The zero-order chi connectivity index (χ0) is 15.2. The highest BCUT2D eigenvalue weighted by atomic mass is 79.9. The Hall–Kier alpha value is -0.970. The van der Waals surface area contributed by atoms with Crippen LogP contribution in [-0.4, -0.2) is 13.2 Å². The molecule has 0 saturated carbocycles. The van der Waals surface area contributed by atoms with Gasteiger partial charge in [0.25, 0.3) is 0 Å². The van der Waals surface area contributed by atoms with Crippen molar-refractivity contribution >= 4 is 27.7 Å². The predicted molar refractivity (Wildman–Crippen MR) is 93.2 cm³/mol. The molecule has 2 rings (SSSR count). The van der Waals surface area contributed by atoms with E-state index in [1.807, 2.05) is 18.2 Å². The maximum Gasteiger partial charge on any atom is 0.119 e. The Labute approximate surface area is 139 Å². The lowest BCUT2D eigenvalue weighted by molar-refractivity contribution is 0.413. The minimum atomic E-state index is 0.230. The number of nitrogens with two attached hydrogens (primary N) is 1. The van der Waals surface area contributed by atoms with E-state index in [0.717, 1.165) is 28.0 Å². The van der Waals surface area contributed by atoms with Crippen LogP contribution in [0.2, 0.25) is 0 Å². The van der Waals surface area contributed by atoms with Gasteiger partial charge in [0.1, 0.15) is 5.75 Å². The summed E-state index contributed by atoms with van der Waals surface area (Å²) in [5.74, 6) is 0.877. The molecule has 0 saturated heterocycles. The molecule has 0 aromatic heterocycles. The molecule has 1 unspecified atom stereocenters. The van der Waals surface area contributed by atoms with Gasteiger partial charge in [-0.3, -0.25) is 0 Å². The van der Waals surface area contributed by atoms with Crippen LogP contribution in [0.4, 0.5) is 0 Å². The van der Waals surface area contributed by atoms with Crippen molar-refractivity contribution in [1.82, 2.24) is 0 Å². The van der Waals surface area contributed by atoms with Crippen LogP contribution in [0.15, 0.2) is 56.7 Å². The number of hydrogen-bond donors (Lipinski definition) is 1. The number of methoxy groups -OCH3 is 1. The van der Waals surface area contributed by atoms with Crippen molar-refractivity contribution in [2.24, 2.45) is 5.73 Å². The lowest BCUT2D eigenvalue weighted by Gasteiger charge is -2.11. The summed E-state index contributed by atoms with van der Waals surface area (Å²) < 4.78 is 6.37. The van der Waals surface area contributed by atoms with Gasteiger partial charge in [-0.2, -0.15) is 0 Å². The standard InChI is InChI=1S/C17H20BrNOS/c1-3-13(19)9-12-7-8-17(16(18)10-12)21-15-6-4-5-14(11-15)20-2/h4-8,10-11,13H,3,9,19H2,1-2H3. The number of benzene rings is 2. The largest absolute Gasteiger partial charge is 0.497 e. The van der Waals surface area contributed by atoms with E-state index < -0.39 is 0 Å². The highest BCUT2D eigenvalue weighted by molar-refractivity contribution is 9.10. The molecule has 0 radical (unpaired) electrons. The first-order valence-corrected chi connectivity index (χ1v) is 8.59. The predicted octanol–water partition coefficient (Wildman–Crippen LogP) is 4.89. The number of halogens is 1. The Balaban J connectivity index is 2.13. The Bertz CT molecular complexity index is 603. The molecule has 2 nitrogen and oxygen atoms in total. The van der Waals surface area contributed by atoms with Crippen LogP contribution in [0.5, 0.6) is 5.75 Å². The molecule has 1 atom stereocenters. The molecule has 21 heavy (non-hydrogen) atoms. The van der Waals surface area contributed by atoms with Crippen LogP contribution in [-0.2, 0) is 6.42 Å². The zero-order valence-electron chi connectivity index (χ0n) is 12.3. The first kappa shape index (κ1) is 16.4. The van der Waals surface area contributed by atoms with E-state index in [4.69, 9.17) is 10.5 Å². The molecule has 2 N–H and O–H groups in total. The van der Waals surface area contributed by atoms with Gasteiger partial charge >= 0.3 is 0 Å². The summed E-state index contributed by atoms with van der Waals surface area (Å²) in [6.07, 6.45) is 1.91. The Morgan fingerprint density at radius 1 is 1.24 bits per heavy atom. The summed E-state index contributed by atoms with van der Waals surface area (Å²) in [5, 5.41) is 0. The monoisotopic (exact) mass is 365 g/mol. The van der Waals surface area contributed by atoms with E-state index >= 15 is 0 Å². The van der Waals surface area contributed by atoms with Gasteiger partial charge in [-0.15, -0.1) is 0 Å². The van der Waals surface area contributed by atoms with Gasteiger partial charge in [0, 0.05) is 20.3 Å². The lowest BCUT2D eigenvalue weighted by Crippen LogP contribution is -2.21. The van der Waals surface area contributed by atoms with Gasteiger partial charge in [0.15, 0.2) is 0 Å². The van der Waals surface area contributed by atoms with Crippen molar-refractivity contribution in [3.05, 3.63) is 52.5 Å². The fraction of sp³-hybridized carbons (Fsp3) is 0.294. The van der Waals surface area contributed by atoms with Crippen molar-refractivity contribution in [2.45, 2.75) is 35.6 Å². The molecule has 0 bridgehead atoms. The SMILES string of the molecule is CCC(N)Cc1ccc(Sc2cccc(OC)c2)c(Br)c1. The molecule has 0 aliphatic heterocycles. The lowest BCUT2D eigenvalue weighted by atomic mass is 10.1. The Kier molecular flexibility index (Phi) is 6.15. The summed E-state index contributed by atoms with van der Waals surface area (Å²) in [7, 11) is 1.69. The van der Waals surface area contributed by atoms with Gasteiger partial charge in [0.05, 0.1) is 7.11 Å². The highest BCUT2D eigenvalue weighted by Gasteiger charge is 2.07. The topological polar surface area (TPSA) is 35.2 Å². The summed E-state index contributed by atoms with van der Waals surface area (Å²) in [6, 6.07) is 14.8.